The first kappa shape index (κ1) is 20.4. The average molecular weight is 384 g/mol. The zero-order valence-corrected chi connectivity index (χ0v) is 17.1. The molecule has 0 atom stereocenters. The lowest BCUT2D eigenvalue weighted by molar-refractivity contribution is 0.120. The lowest BCUT2D eigenvalue weighted by Gasteiger charge is -2.27. The van der Waals surface area contributed by atoms with Crippen molar-refractivity contribution in [2.45, 2.75) is 64.5 Å². The largest absolute Gasteiger partial charge is 0.393 e. The van der Waals surface area contributed by atoms with Gasteiger partial charge in [0.05, 0.1) is 17.5 Å². The Kier molecular flexibility index (Phi) is 7.48. The van der Waals surface area contributed by atoms with Crippen LogP contribution in [0.3, 0.4) is 0 Å². The van der Waals surface area contributed by atoms with Gasteiger partial charge in [-0.15, -0.1) is 0 Å². The molecule has 1 heterocycles. The Morgan fingerprint density at radius 2 is 1.96 bits per heavy atom. The van der Waals surface area contributed by atoms with Crippen LogP contribution in [0.2, 0.25) is 0 Å². The van der Waals surface area contributed by atoms with E-state index in [1.165, 1.54) is 5.56 Å². The van der Waals surface area contributed by atoms with Gasteiger partial charge in [0.2, 0.25) is 0 Å². The van der Waals surface area contributed by atoms with Gasteiger partial charge in [-0.2, -0.15) is 5.10 Å². The highest BCUT2D eigenvalue weighted by molar-refractivity contribution is 5.80. The van der Waals surface area contributed by atoms with E-state index in [9.17, 15) is 5.11 Å². The van der Waals surface area contributed by atoms with E-state index in [1.807, 2.05) is 22.9 Å². The number of nitrogens with one attached hydrogen (secondary N) is 2. The number of hydrogen-bond acceptors (Lipinski definition) is 3. The van der Waals surface area contributed by atoms with Crippen molar-refractivity contribution in [1.29, 1.82) is 0 Å². The lowest BCUT2D eigenvalue weighted by Crippen LogP contribution is -2.45. The topological polar surface area (TPSA) is 74.5 Å². The summed E-state index contributed by atoms with van der Waals surface area (Å²) < 4.78 is 1.96. The molecule has 0 bridgehead atoms. The number of aryl methyl sites for hydroxylation is 2. The molecule has 1 fully saturated rings. The molecule has 1 saturated carbocycles. The van der Waals surface area contributed by atoms with Crippen LogP contribution in [0.25, 0.3) is 5.69 Å². The zero-order valence-electron chi connectivity index (χ0n) is 17.1. The number of para-hydroxylation sites is 1. The number of hydrogen-bond donors (Lipinski definition) is 3. The molecule has 2 aromatic rings. The Hall–Kier alpha value is -2.34. The summed E-state index contributed by atoms with van der Waals surface area (Å²) in [4.78, 5) is 4.74. The van der Waals surface area contributed by atoms with Crippen LogP contribution in [0.5, 0.6) is 0 Å². The number of aliphatic hydroxyl groups is 1. The van der Waals surface area contributed by atoms with E-state index in [0.717, 1.165) is 69.0 Å². The summed E-state index contributed by atoms with van der Waals surface area (Å²) in [6.07, 6.45) is 7.72. The molecular formula is C22H33N5O. The van der Waals surface area contributed by atoms with Gasteiger partial charge >= 0.3 is 0 Å². The smallest absolute Gasteiger partial charge is 0.191 e. The standard InChI is InChI=1S/C22H33N5O/c1-3-23-22(25-19-11-13-21(28)14-12-19)24-15-7-8-18-16-27(26-17(18)2)20-9-5-4-6-10-20/h4-6,9-10,16,19,21,28H,3,7-8,11-15H2,1-2H3,(H2,23,24,25). The third-order valence-corrected chi connectivity index (χ3v) is 5.28. The van der Waals surface area contributed by atoms with E-state index in [1.54, 1.807) is 0 Å². The van der Waals surface area contributed by atoms with Gasteiger partial charge in [-0.3, -0.25) is 4.99 Å². The lowest BCUT2D eigenvalue weighted by atomic mass is 9.93. The number of aliphatic hydroxyl groups excluding tert-OH is 1. The van der Waals surface area contributed by atoms with Crippen LogP contribution in [0.15, 0.2) is 41.5 Å². The van der Waals surface area contributed by atoms with E-state index in [4.69, 9.17) is 4.99 Å². The predicted octanol–water partition coefficient (Wildman–Crippen LogP) is 2.97. The van der Waals surface area contributed by atoms with Crippen molar-refractivity contribution in [3.63, 3.8) is 0 Å². The van der Waals surface area contributed by atoms with Crippen LogP contribution in [0, 0.1) is 6.92 Å². The molecule has 6 nitrogen and oxygen atoms in total. The number of nitrogens with zero attached hydrogens (tertiary/aromatic N) is 3. The molecule has 1 aromatic carbocycles. The predicted molar refractivity (Wildman–Crippen MR) is 114 cm³/mol. The molecule has 0 saturated heterocycles. The van der Waals surface area contributed by atoms with Crippen LogP contribution in [-0.2, 0) is 6.42 Å². The first-order valence-electron chi connectivity index (χ1n) is 10.5. The van der Waals surface area contributed by atoms with Crippen molar-refractivity contribution < 1.29 is 5.11 Å². The van der Waals surface area contributed by atoms with Crippen molar-refractivity contribution in [3.8, 4) is 5.69 Å². The van der Waals surface area contributed by atoms with Gasteiger partial charge in [-0.05, 0) is 70.1 Å². The Bertz CT molecular complexity index is 748. The van der Waals surface area contributed by atoms with Crippen molar-refractivity contribution in [1.82, 2.24) is 20.4 Å². The third-order valence-electron chi connectivity index (χ3n) is 5.28. The fraction of sp³-hybridized carbons (Fsp3) is 0.545. The summed E-state index contributed by atoms with van der Waals surface area (Å²) in [6.45, 7) is 5.79. The SMILES string of the molecule is CCNC(=NCCCc1cn(-c2ccccc2)nc1C)NC1CCC(O)CC1. The van der Waals surface area contributed by atoms with Crippen LogP contribution >= 0.6 is 0 Å². The molecule has 0 spiro atoms. The molecule has 152 valence electrons. The molecule has 28 heavy (non-hydrogen) atoms. The number of rotatable bonds is 7. The van der Waals surface area contributed by atoms with Crippen LogP contribution in [0.1, 0.15) is 50.3 Å². The minimum Gasteiger partial charge on any atom is -0.393 e. The van der Waals surface area contributed by atoms with Crippen LogP contribution in [0.4, 0.5) is 0 Å². The number of aliphatic imine (C=N–C) groups is 1. The molecule has 3 rings (SSSR count). The minimum absolute atomic E-state index is 0.127. The summed E-state index contributed by atoms with van der Waals surface area (Å²) in [5, 5.41) is 21.2. The van der Waals surface area contributed by atoms with Crippen molar-refractivity contribution in [2.24, 2.45) is 4.99 Å². The maximum atomic E-state index is 9.66. The summed E-state index contributed by atoms with van der Waals surface area (Å²) in [5.41, 5.74) is 3.45. The maximum absolute atomic E-state index is 9.66. The van der Waals surface area contributed by atoms with Crippen molar-refractivity contribution >= 4 is 5.96 Å². The highest BCUT2D eigenvalue weighted by Gasteiger charge is 2.19. The second kappa shape index (κ2) is 10.3. The molecule has 0 radical (unpaired) electrons. The van der Waals surface area contributed by atoms with Crippen molar-refractivity contribution in [2.75, 3.05) is 13.1 Å². The second-order valence-corrected chi connectivity index (χ2v) is 7.53. The van der Waals surface area contributed by atoms with Gasteiger partial charge < -0.3 is 15.7 Å². The zero-order chi connectivity index (χ0) is 19.8. The van der Waals surface area contributed by atoms with Gasteiger partial charge in [0.25, 0.3) is 0 Å². The van der Waals surface area contributed by atoms with Crippen LogP contribution < -0.4 is 10.6 Å². The van der Waals surface area contributed by atoms with Crippen LogP contribution in [-0.4, -0.2) is 46.1 Å². The first-order chi connectivity index (χ1) is 13.7. The van der Waals surface area contributed by atoms with E-state index >= 15 is 0 Å². The maximum Gasteiger partial charge on any atom is 0.191 e. The summed E-state index contributed by atoms with van der Waals surface area (Å²) in [6, 6.07) is 10.6. The molecule has 0 unspecified atom stereocenters. The molecule has 1 aliphatic carbocycles. The third kappa shape index (κ3) is 5.83. The Morgan fingerprint density at radius 1 is 1.21 bits per heavy atom. The molecule has 3 N–H and O–H groups in total. The van der Waals surface area contributed by atoms with Gasteiger partial charge in [0.1, 0.15) is 0 Å². The minimum atomic E-state index is -0.127. The van der Waals surface area contributed by atoms with E-state index in [-0.39, 0.29) is 6.10 Å². The number of guanidine groups is 1. The van der Waals surface area contributed by atoms with Gasteiger partial charge in [0, 0.05) is 25.3 Å². The van der Waals surface area contributed by atoms with Gasteiger partial charge in [-0.25, -0.2) is 4.68 Å². The van der Waals surface area contributed by atoms with E-state index in [0.29, 0.717) is 6.04 Å². The molecule has 0 aliphatic heterocycles. The molecule has 0 amide bonds. The molecule has 6 heteroatoms. The molecular weight excluding hydrogens is 350 g/mol. The Labute approximate surface area is 168 Å². The average Bonchev–Trinajstić information content (AvgIpc) is 3.08. The first-order valence-corrected chi connectivity index (χ1v) is 10.5. The number of benzene rings is 1. The second-order valence-electron chi connectivity index (χ2n) is 7.53. The molecule has 1 aliphatic rings. The quantitative estimate of drug-likeness (QED) is 0.390. The number of aromatic nitrogens is 2. The Balaban J connectivity index is 1.50. The highest BCUT2D eigenvalue weighted by Crippen LogP contribution is 2.18. The van der Waals surface area contributed by atoms with Gasteiger partial charge in [0.15, 0.2) is 5.96 Å². The highest BCUT2D eigenvalue weighted by atomic mass is 16.3. The van der Waals surface area contributed by atoms with Crippen molar-refractivity contribution in [3.05, 3.63) is 47.8 Å². The summed E-state index contributed by atoms with van der Waals surface area (Å²) in [5.74, 6) is 0.889. The molecule has 1 aromatic heterocycles. The summed E-state index contributed by atoms with van der Waals surface area (Å²) in [7, 11) is 0. The Morgan fingerprint density at radius 3 is 2.68 bits per heavy atom. The van der Waals surface area contributed by atoms with E-state index in [2.05, 4.69) is 47.9 Å². The van der Waals surface area contributed by atoms with Gasteiger partial charge in [-0.1, -0.05) is 18.2 Å². The van der Waals surface area contributed by atoms with E-state index < -0.39 is 0 Å². The fourth-order valence-electron chi connectivity index (χ4n) is 3.65. The fourth-order valence-corrected chi connectivity index (χ4v) is 3.65. The summed E-state index contributed by atoms with van der Waals surface area (Å²) >= 11 is 0. The monoisotopic (exact) mass is 383 g/mol. The normalized spacial score (nSPS) is 20.2.